The fraction of sp³-hybridized carbons (Fsp3) is 0.421. The van der Waals surface area contributed by atoms with Crippen LogP contribution in [0.3, 0.4) is 0 Å². The zero-order valence-corrected chi connectivity index (χ0v) is 17.7. The molecule has 0 spiro atoms. The lowest BCUT2D eigenvalue weighted by Gasteiger charge is -2.24. The maximum absolute atomic E-state index is 5.54. The third-order valence-corrected chi connectivity index (χ3v) is 4.13. The Morgan fingerprint density at radius 3 is 2.32 bits per heavy atom. The van der Waals surface area contributed by atoms with Gasteiger partial charge in [0.05, 0.1) is 12.3 Å². The average Bonchev–Trinajstić information content (AvgIpc) is 3.12. The molecular formula is C19H29IN4O. The molecule has 0 amide bonds. The Morgan fingerprint density at radius 2 is 1.76 bits per heavy atom. The van der Waals surface area contributed by atoms with Crippen LogP contribution in [0.4, 0.5) is 0 Å². The van der Waals surface area contributed by atoms with E-state index in [0.29, 0.717) is 5.92 Å². The van der Waals surface area contributed by atoms with E-state index in [9.17, 15) is 0 Å². The summed E-state index contributed by atoms with van der Waals surface area (Å²) in [5.41, 5.74) is 1.32. The minimum absolute atomic E-state index is 0. The van der Waals surface area contributed by atoms with Gasteiger partial charge in [-0.1, -0.05) is 37.3 Å². The Kier molecular flexibility index (Phi) is 9.59. The molecule has 1 aromatic heterocycles. The van der Waals surface area contributed by atoms with E-state index >= 15 is 0 Å². The van der Waals surface area contributed by atoms with Crippen LogP contribution in [0.5, 0.6) is 0 Å². The summed E-state index contributed by atoms with van der Waals surface area (Å²) in [5, 5.41) is 6.78. The van der Waals surface area contributed by atoms with Gasteiger partial charge in [0.1, 0.15) is 5.76 Å². The van der Waals surface area contributed by atoms with E-state index < -0.39 is 0 Å². The number of likely N-dealkylation sites (N-methyl/N-ethyl adjacent to an activating group) is 1. The number of halogens is 1. The summed E-state index contributed by atoms with van der Waals surface area (Å²) >= 11 is 0. The Morgan fingerprint density at radius 1 is 1.08 bits per heavy atom. The second kappa shape index (κ2) is 11.1. The molecule has 0 aliphatic heterocycles. The first kappa shape index (κ1) is 21.5. The molecule has 1 heterocycles. The van der Waals surface area contributed by atoms with E-state index in [4.69, 9.17) is 4.42 Å². The quantitative estimate of drug-likeness (QED) is 0.381. The summed E-state index contributed by atoms with van der Waals surface area (Å²) in [6, 6.07) is 14.6. The zero-order chi connectivity index (χ0) is 17.4. The molecule has 25 heavy (non-hydrogen) atoms. The van der Waals surface area contributed by atoms with Crippen molar-refractivity contribution in [2.75, 3.05) is 34.2 Å². The minimum Gasteiger partial charge on any atom is -0.468 e. The van der Waals surface area contributed by atoms with E-state index in [1.54, 1.807) is 13.3 Å². The van der Waals surface area contributed by atoms with Crippen LogP contribution in [0.2, 0.25) is 0 Å². The number of nitrogens with zero attached hydrogens (tertiary/aromatic N) is 2. The molecule has 0 saturated carbocycles. The molecule has 2 N–H and O–H groups in total. The van der Waals surface area contributed by atoms with Gasteiger partial charge in [0, 0.05) is 20.1 Å². The topological polar surface area (TPSA) is 52.8 Å². The normalized spacial score (nSPS) is 13.9. The van der Waals surface area contributed by atoms with Crippen molar-refractivity contribution in [2.45, 2.75) is 18.9 Å². The number of rotatable bonds is 7. The smallest absolute Gasteiger partial charge is 0.191 e. The number of aliphatic imine (C=N–C) groups is 1. The van der Waals surface area contributed by atoms with Crippen molar-refractivity contribution in [3.05, 3.63) is 60.1 Å². The van der Waals surface area contributed by atoms with Crippen LogP contribution in [0.15, 0.2) is 58.1 Å². The first-order valence-corrected chi connectivity index (χ1v) is 8.31. The van der Waals surface area contributed by atoms with Gasteiger partial charge in [-0.15, -0.1) is 24.0 Å². The molecule has 0 fully saturated rings. The van der Waals surface area contributed by atoms with Gasteiger partial charge in [0.15, 0.2) is 5.96 Å². The molecule has 2 atom stereocenters. The number of benzene rings is 1. The van der Waals surface area contributed by atoms with E-state index in [2.05, 4.69) is 51.7 Å². The van der Waals surface area contributed by atoms with Gasteiger partial charge in [0.2, 0.25) is 0 Å². The molecule has 0 bridgehead atoms. The molecule has 6 heteroatoms. The van der Waals surface area contributed by atoms with E-state index in [-0.39, 0.29) is 30.0 Å². The van der Waals surface area contributed by atoms with Crippen molar-refractivity contribution in [3.63, 3.8) is 0 Å². The summed E-state index contributed by atoms with van der Waals surface area (Å²) in [6.45, 7) is 3.76. The van der Waals surface area contributed by atoms with Gasteiger partial charge in [-0.05, 0) is 37.7 Å². The van der Waals surface area contributed by atoms with Crippen LogP contribution in [0, 0.1) is 0 Å². The fourth-order valence-corrected chi connectivity index (χ4v) is 2.58. The average molecular weight is 456 g/mol. The molecule has 1 aromatic carbocycles. The number of hydrogen-bond acceptors (Lipinski definition) is 3. The fourth-order valence-electron chi connectivity index (χ4n) is 2.58. The van der Waals surface area contributed by atoms with Gasteiger partial charge in [-0.3, -0.25) is 9.89 Å². The second-order valence-corrected chi connectivity index (χ2v) is 6.14. The molecule has 2 rings (SSSR count). The Hall–Kier alpha value is -1.54. The van der Waals surface area contributed by atoms with Gasteiger partial charge >= 0.3 is 0 Å². The summed E-state index contributed by atoms with van der Waals surface area (Å²) in [4.78, 5) is 6.44. The Balaban J connectivity index is 0.00000312. The van der Waals surface area contributed by atoms with Crippen LogP contribution in [0.25, 0.3) is 0 Å². The van der Waals surface area contributed by atoms with Crippen LogP contribution in [0.1, 0.15) is 30.2 Å². The number of furan rings is 1. The predicted octanol–water partition coefficient (Wildman–Crippen LogP) is 3.47. The molecular weight excluding hydrogens is 427 g/mol. The zero-order valence-electron chi connectivity index (χ0n) is 15.4. The number of hydrogen-bond donors (Lipinski definition) is 2. The highest BCUT2D eigenvalue weighted by Crippen LogP contribution is 2.17. The van der Waals surface area contributed by atoms with E-state index in [1.165, 1.54) is 5.56 Å². The molecule has 2 unspecified atom stereocenters. The van der Waals surface area contributed by atoms with Gasteiger partial charge < -0.3 is 15.1 Å². The van der Waals surface area contributed by atoms with E-state index in [0.717, 1.165) is 24.8 Å². The molecule has 0 saturated heterocycles. The summed E-state index contributed by atoms with van der Waals surface area (Å²) in [6.07, 6.45) is 1.71. The van der Waals surface area contributed by atoms with Crippen molar-refractivity contribution in [1.29, 1.82) is 0 Å². The molecule has 0 radical (unpaired) electrons. The van der Waals surface area contributed by atoms with Gasteiger partial charge in [-0.25, -0.2) is 0 Å². The standard InChI is InChI=1S/C19H28N4O.HI/c1-15(16-9-6-5-7-10-16)13-21-19(20-2)22-14-17(23(3)4)18-11-8-12-24-18;/h5-12,15,17H,13-14H2,1-4H3,(H2,20,21,22);1H. The van der Waals surface area contributed by atoms with Crippen molar-refractivity contribution in [2.24, 2.45) is 4.99 Å². The highest BCUT2D eigenvalue weighted by atomic mass is 127. The first-order valence-electron chi connectivity index (χ1n) is 8.31. The van der Waals surface area contributed by atoms with Crippen LogP contribution >= 0.6 is 24.0 Å². The predicted molar refractivity (Wildman–Crippen MR) is 115 cm³/mol. The molecule has 0 aliphatic rings. The number of nitrogens with one attached hydrogen (secondary N) is 2. The van der Waals surface area contributed by atoms with Gasteiger partial charge in [0.25, 0.3) is 0 Å². The van der Waals surface area contributed by atoms with Crippen LogP contribution in [-0.4, -0.2) is 45.1 Å². The van der Waals surface area contributed by atoms with E-state index in [1.807, 2.05) is 32.3 Å². The minimum atomic E-state index is 0. The maximum atomic E-state index is 5.54. The highest BCUT2D eigenvalue weighted by molar-refractivity contribution is 14.0. The summed E-state index contributed by atoms with van der Waals surface area (Å²) in [5.74, 6) is 2.16. The van der Waals surface area contributed by atoms with Crippen molar-refractivity contribution in [3.8, 4) is 0 Å². The summed E-state index contributed by atoms with van der Waals surface area (Å²) in [7, 11) is 5.88. The van der Waals surface area contributed by atoms with Crippen molar-refractivity contribution < 1.29 is 4.42 Å². The third kappa shape index (κ3) is 6.70. The lowest BCUT2D eigenvalue weighted by Crippen LogP contribution is -2.42. The monoisotopic (exact) mass is 456 g/mol. The SMILES string of the molecule is CN=C(NCC(C)c1ccccc1)NCC(c1ccco1)N(C)C.I. The Labute approximate surface area is 167 Å². The first-order chi connectivity index (χ1) is 11.6. The number of guanidine groups is 1. The van der Waals surface area contributed by atoms with Crippen molar-refractivity contribution in [1.82, 2.24) is 15.5 Å². The third-order valence-electron chi connectivity index (χ3n) is 4.13. The lowest BCUT2D eigenvalue weighted by atomic mass is 10.0. The maximum Gasteiger partial charge on any atom is 0.191 e. The Bertz CT molecular complexity index is 614. The van der Waals surface area contributed by atoms with Crippen LogP contribution in [-0.2, 0) is 0 Å². The largest absolute Gasteiger partial charge is 0.468 e. The highest BCUT2D eigenvalue weighted by Gasteiger charge is 2.17. The molecule has 138 valence electrons. The van der Waals surface area contributed by atoms with Crippen LogP contribution < -0.4 is 10.6 Å². The summed E-state index contributed by atoms with van der Waals surface area (Å²) < 4.78 is 5.54. The van der Waals surface area contributed by atoms with Gasteiger partial charge in [-0.2, -0.15) is 0 Å². The molecule has 2 aromatic rings. The molecule has 0 aliphatic carbocycles. The van der Waals surface area contributed by atoms with Crippen molar-refractivity contribution >= 4 is 29.9 Å². The second-order valence-electron chi connectivity index (χ2n) is 6.14. The molecule has 5 nitrogen and oxygen atoms in total. The lowest BCUT2D eigenvalue weighted by molar-refractivity contribution is 0.258.